The quantitative estimate of drug-likeness (QED) is 0.729. The van der Waals surface area contributed by atoms with E-state index in [4.69, 9.17) is 34.8 Å². The Hall–Kier alpha value is -1.79. The average molecular weight is 415 g/mol. The van der Waals surface area contributed by atoms with Gasteiger partial charge in [0.15, 0.2) is 0 Å². The number of hydrogen-bond acceptors (Lipinski definition) is 3. The Bertz CT molecular complexity index is 814. The van der Waals surface area contributed by atoms with Gasteiger partial charge in [-0.25, -0.2) is 0 Å². The molecule has 0 aliphatic rings. The van der Waals surface area contributed by atoms with Crippen LogP contribution in [0.5, 0.6) is 0 Å². The van der Waals surface area contributed by atoms with E-state index in [9.17, 15) is 9.59 Å². The lowest BCUT2D eigenvalue weighted by molar-refractivity contribution is -0.122. The van der Waals surface area contributed by atoms with Crippen LogP contribution in [0.2, 0.25) is 15.1 Å². The van der Waals surface area contributed by atoms with Gasteiger partial charge in [-0.1, -0.05) is 40.9 Å². The van der Waals surface area contributed by atoms with Crippen LogP contribution in [0.25, 0.3) is 0 Å². The molecule has 0 fully saturated rings. The van der Waals surface area contributed by atoms with E-state index in [-0.39, 0.29) is 18.4 Å². The Kier molecular flexibility index (Phi) is 7.29. The number of nitrogens with zero attached hydrogens (tertiary/aromatic N) is 1. The molecule has 26 heavy (non-hydrogen) atoms. The molecule has 2 rings (SSSR count). The highest BCUT2D eigenvalue weighted by Gasteiger charge is 2.21. The van der Waals surface area contributed by atoms with Crippen LogP contribution in [0.15, 0.2) is 42.5 Å². The Morgan fingerprint density at radius 2 is 1.73 bits per heavy atom. The van der Waals surface area contributed by atoms with Gasteiger partial charge in [-0.15, -0.1) is 0 Å². The molecule has 2 N–H and O–H groups in total. The third-order valence-electron chi connectivity index (χ3n) is 3.73. The summed E-state index contributed by atoms with van der Waals surface area (Å²) >= 11 is 17.8. The molecule has 0 aliphatic carbocycles. The van der Waals surface area contributed by atoms with Gasteiger partial charge >= 0.3 is 0 Å². The van der Waals surface area contributed by atoms with Crippen LogP contribution in [-0.2, 0) is 9.59 Å². The number of carbonyl (C=O) groups excluding carboxylic acids is 2. The summed E-state index contributed by atoms with van der Waals surface area (Å²) in [6, 6.07) is 11.1. The fourth-order valence-corrected chi connectivity index (χ4v) is 2.80. The molecule has 0 spiro atoms. The summed E-state index contributed by atoms with van der Waals surface area (Å²) in [7, 11) is 1.69. The number of amides is 2. The van der Waals surface area contributed by atoms with Crippen LogP contribution >= 0.6 is 34.8 Å². The van der Waals surface area contributed by atoms with Gasteiger partial charge in [0.2, 0.25) is 11.8 Å². The van der Waals surface area contributed by atoms with Crippen LogP contribution < -0.4 is 10.6 Å². The van der Waals surface area contributed by atoms with Gasteiger partial charge < -0.3 is 10.6 Å². The molecule has 0 radical (unpaired) electrons. The normalized spacial score (nSPS) is 11.9. The van der Waals surface area contributed by atoms with Gasteiger partial charge in [0.05, 0.1) is 23.3 Å². The number of likely N-dealkylation sites (N-methyl/N-ethyl adjacent to an activating group) is 1. The van der Waals surface area contributed by atoms with Crippen molar-refractivity contribution in [3.63, 3.8) is 0 Å². The zero-order valence-corrected chi connectivity index (χ0v) is 16.5. The minimum absolute atomic E-state index is 0.0372. The topological polar surface area (TPSA) is 61.4 Å². The predicted molar refractivity (Wildman–Crippen MR) is 107 cm³/mol. The van der Waals surface area contributed by atoms with Crippen molar-refractivity contribution in [3.05, 3.63) is 57.5 Å². The molecule has 0 heterocycles. The van der Waals surface area contributed by atoms with Gasteiger partial charge in [-0.05, 0) is 50.4 Å². The molecular formula is C18H18Cl3N3O2. The van der Waals surface area contributed by atoms with E-state index in [0.29, 0.717) is 26.4 Å². The number of halogens is 3. The van der Waals surface area contributed by atoms with Gasteiger partial charge in [-0.2, -0.15) is 0 Å². The zero-order valence-electron chi connectivity index (χ0n) is 14.2. The van der Waals surface area contributed by atoms with Crippen molar-refractivity contribution in [1.82, 2.24) is 4.90 Å². The molecule has 2 amide bonds. The average Bonchev–Trinajstić information content (AvgIpc) is 2.56. The molecule has 5 nitrogen and oxygen atoms in total. The molecule has 8 heteroatoms. The summed E-state index contributed by atoms with van der Waals surface area (Å²) in [6.07, 6.45) is 0. The maximum atomic E-state index is 12.4. The van der Waals surface area contributed by atoms with Crippen LogP contribution in [0.1, 0.15) is 6.92 Å². The number of benzene rings is 2. The van der Waals surface area contributed by atoms with Crippen molar-refractivity contribution < 1.29 is 9.59 Å². The molecule has 1 unspecified atom stereocenters. The van der Waals surface area contributed by atoms with Gasteiger partial charge in [0.25, 0.3) is 0 Å². The monoisotopic (exact) mass is 413 g/mol. The molecule has 0 saturated heterocycles. The number of nitrogens with one attached hydrogen (secondary N) is 2. The van der Waals surface area contributed by atoms with Crippen molar-refractivity contribution >= 4 is 58.0 Å². The van der Waals surface area contributed by atoms with Crippen molar-refractivity contribution in [1.29, 1.82) is 0 Å². The SMILES string of the molecule is CC(C(=O)Nc1ccc(Cl)cc1Cl)N(C)CC(=O)Nc1cccc(Cl)c1. The summed E-state index contributed by atoms with van der Waals surface area (Å²) in [6.45, 7) is 1.74. The predicted octanol–water partition coefficient (Wildman–Crippen LogP) is 4.54. The van der Waals surface area contributed by atoms with E-state index < -0.39 is 6.04 Å². The van der Waals surface area contributed by atoms with Crippen LogP contribution in [0.3, 0.4) is 0 Å². The summed E-state index contributed by atoms with van der Waals surface area (Å²) in [5.74, 6) is -0.536. The number of anilines is 2. The van der Waals surface area contributed by atoms with E-state index in [1.54, 1.807) is 61.3 Å². The molecule has 0 aromatic heterocycles. The molecule has 0 aliphatic heterocycles. The largest absolute Gasteiger partial charge is 0.325 e. The maximum absolute atomic E-state index is 12.4. The fourth-order valence-electron chi connectivity index (χ4n) is 2.16. The summed E-state index contributed by atoms with van der Waals surface area (Å²) in [4.78, 5) is 26.2. The molecule has 2 aromatic rings. The standard InChI is InChI=1S/C18H18Cl3N3O2/c1-11(18(26)23-16-7-6-13(20)9-15(16)21)24(2)10-17(25)22-14-5-3-4-12(19)8-14/h3-9,11H,10H2,1-2H3,(H,22,25)(H,23,26). The van der Waals surface area contributed by atoms with Gasteiger partial charge in [0, 0.05) is 15.7 Å². The van der Waals surface area contributed by atoms with Gasteiger partial charge in [0.1, 0.15) is 0 Å². The lowest BCUT2D eigenvalue weighted by atomic mass is 10.2. The first-order valence-corrected chi connectivity index (χ1v) is 8.91. The first kappa shape index (κ1) is 20.5. The van der Waals surface area contributed by atoms with Crippen molar-refractivity contribution in [2.45, 2.75) is 13.0 Å². The van der Waals surface area contributed by atoms with E-state index >= 15 is 0 Å². The second-order valence-corrected chi connectivity index (χ2v) is 7.04. The van der Waals surface area contributed by atoms with Crippen LogP contribution in [0, 0.1) is 0 Å². The fraction of sp³-hybridized carbons (Fsp3) is 0.222. The van der Waals surface area contributed by atoms with Crippen LogP contribution in [0.4, 0.5) is 11.4 Å². The Morgan fingerprint density at radius 1 is 1.04 bits per heavy atom. The minimum atomic E-state index is -0.549. The third kappa shape index (κ3) is 5.88. The molecule has 138 valence electrons. The van der Waals surface area contributed by atoms with E-state index in [1.165, 1.54) is 0 Å². The highest BCUT2D eigenvalue weighted by Crippen LogP contribution is 2.25. The van der Waals surface area contributed by atoms with E-state index in [0.717, 1.165) is 0 Å². The summed E-state index contributed by atoms with van der Waals surface area (Å²) in [5.41, 5.74) is 1.06. The smallest absolute Gasteiger partial charge is 0.241 e. The Labute approximate surface area is 167 Å². The summed E-state index contributed by atoms with van der Waals surface area (Å²) < 4.78 is 0. The van der Waals surface area contributed by atoms with Crippen molar-refractivity contribution in [2.75, 3.05) is 24.2 Å². The Morgan fingerprint density at radius 3 is 2.38 bits per heavy atom. The van der Waals surface area contributed by atoms with Crippen molar-refractivity contribution in [2.24, 2.45) is 0 Å². The highest BCUT2D eigenvalue weighted by atomic mass is 35.5. The zero-order chi connectivity index (χ0) is 19.3. The van der Waals surface area contributed by atoms with Crippen LogP contribution in [-0.4, -0.2) is 36.3 Å². The summed E-state index contributed by atoms with van der Waals surface area (Å²) in [5, 5.41) is 6.83. The first-order valence-electron chi connectivity index (χ1n) is 7.78. The maximum Gasteiger partial charge on any atom is 0.241 e. The molecule has 0 bridgehead atoms. The van der Waals surface area contributed by atoms with E-state index in [1.807, 2.05) is 0 Å². The number of rotatable bonds is 6. The highest BCUT2D eigenvalue weighted by molar-refractivity contribution is 6.36. The number of carbonyl (C=O) groups is 2. The molecule has 2 aromatic carbocycles. The second kappa shape index (κ2) is 9.24. The molecular weight excluding hydrogens is 397 g/mol. The lowest BCUT2D eigenvalue weighted by Crippen LogP contribution is -2.43. The van der Waals surface area contributed by atoms with Gasteiger partial charge in [-0.3, -0.25) is 14.5 Å². The second-order valence-electron chi connectivity index (χ2n) is 5.76. The lowest BCUT2D eigenvalue weighted by Gasteiger charge is -2.23. The molecule has 1 atom stereocenters. The number of hydrogen-bond donors (Lipinski definition) is 2. The Balaban J connectivity index is 1.92. The minimum Gasteiger partial charge on any atom is -0.325 e. The van der Waals surface area contributed by atoms with Crippen molar-refractivity contribution in [3.8, 4) is 0 Å². The van der Waals surface area contributed by atoms with E-state index in [2.05, 4.69) is 10.6 Å². The first-order chi connectivity index (χ1) is 12.3. The molecule has 0 saturated carbocycles. The third-order valence-corrected chi connectivity index (χ3v) is 4.51.